The zero-order valence-electron chi connectivity index (χ0n) is 13.4. The Balaban J connectivity index is 1.96. The number of pyridine rings is 1. The number of aromatic nitrogens is 1. The number of fused-ring (bicyclic) bond motifs is 9. The van der Waals surface area contributed by atoms with Crippen LogP contribution in [-0.2, 0) is 0 Å². The minimum absolute atomic E-state index is 0.913. The van der Waals surface area contributed by atoms with Crippen molar-refractivity contribution in [1.29, 1.82) is 0 Å². The molecule has 0 amide bonds. The van der Waals surface area contributed by atoms with Crippen molar-refractivity contribution in [1.82, 2.24) is 4.98 Å². The number of benzene rings is 4. The molecule has 0 unspecified atom stereocenters. The van der Waals surface area contributed by atoms with Gasteiger partial charge in [0, 0.05) is 27.7 Å². The molecule has 0 atom stereocenters. The molecule has 0 N–H and O–H groups in total. The lowest BCUT2D eigenvalue weighted by Gasteiger charge is -2.09. The fraction of sp³-hybridized carbons (Fsp3) is 0. The van der Waals surface area contributed by atoms with Crippen LogP contribution >= 0.6 is 0 Å². The first-order valence-corrected chi connectivity index (χ1v) is 8.40. The van der Waals surface area contributed by atoms with E-state index in [1.54, 1.807) is 0 Å². The van der Waals surface area contributed by atoms with Crippen molar-refractivity contribution in [2.24, 2.45) is 0 Å². The normalized spacial score (nSPS) is 12.0. The van der Waals surface area contributed by atoms with Crippen LogP contribution in [0.25, 0.3) is 54.4 Å². The van der Waals surface area contributed by atoms with E-state index >= 15 is 0 Å². The average molecular weight is 319 g/mol. The summed E-state index contributed by atoms with van der Waals surface area (Å²) in [5.74, 6) is 0. The number of hydrogen-bond acceptors (Lipinski definition) is 2. The second kappa shape index (κ2) is 4.58. The van der Waals surface area contributed by atoms with E-state index in [9.17, 15) is 0 Å². The van der Waals surface area contributed by atoms with Gasteiger partial charge in [0.25, 0.3) is 0 Å². The first-order chi connectivity index (χ1) is 12.4. The fourth-order valence-corrected chi connectivity index (χ4v) is 3.98. The first-order valence-electron chi connectivity index (χ1n) is 8.40. The quantitative estimate of drug-likeness (QED) is 0.301. The molecule has 0 aliphatic heterocycles. The van der Waals surface area contributed by atoms with Crippen LogP contribution in [0.3, 0.4) is 0 Å². The minimum Gasteiger partial charge on any atom is -0.456 e. The Morgan fingerprint density at radius 1 is 0.520 bits per heavy atom. The molecule has 0 aliphatic carbocycles. The summed E-state index contributed by atoms with van der Waals surface area (Å²) in [5, 5.41) is 8.35. The molecule has 0 fully saturated rings. The lowest BCUT2D eigenvalue weighted by atomic mass is 9.96. The van der Waals surface area contributed by atoms with E-state index in [1.165, 1.54) is 21.5 Å². The van der Waals surface area contributed by atoms with Crippen molar-refractivity contribution in [2.75, 3.05) is 0 Å². The molecule has 116 valence electrons. The van der Waals surface area contributed by atoms with Gasteiger partial charge in [-0.3, -0.25) is 4.98 Å². The van der Waals surface area contributed by atoms with Crippen molar-refractivity contribution >= 4 is 54.4 Å². The van der Waals surface area contributed by atoms with E-state index in [4.69, 9.17) is 4.42 Å². The van der Waals surface area contributed by atoms with Gasteiger partial charge in [-0.15, -0.1) is 0 Å². The summed E-state index contributed by atoms with van der Waals surface area (Å²) in [6.45, 7) is 0. The molecular formula is C23H13NO. The van der Waals surface area contributed by atoms with Gasteiger partial charge in [0.2, 0.25) is 0 Å². The van der Waals surface area contributed by atoms with Crippen molar-refractivity contribution in [3.8, 4) is 0 Å². The summed E-state index contributed by atoms with van der Waals surface area (Å²) in [5.41, 5.74) is 2.86. The van der Waals surface area contributed by atoms with E-state index in [-0.39, 0.29) is 0 Å². The monoisotopic (exact) mass is 319 g/mol. The second-order valence-corrected chi connectivity index (χ2v) is 6.44. The molecule has 0 radical (unpaired) electrons. The van der Waals surface area contributed by atoms with Crippen LogP contribution in [0, 0.1) is 0 Å². The smallest absolute Gasteiger partial charge is 0.136 e. The van der Waals surface area contributed by atoms with E-state index in [0.717, 1.165) is 32.8 Å². The molecule has 25 heavy (non-hydrogen) atoms. The number of para-hydroxylation sites is 1. The molecular weight excluding hydrogens is 306 g/mol. The molecule has 0 saturated carbocycles. The van der Waals surface area contributed by atoms with E-state index in [2.05, 4.69) is 59.6 Å². The largest absolute Gasteiger partial charge is 0.456 e. The highest BCUT2D eigenvalue weighted by Crippen LogP contribution is 2.38. The molecule has 6 rings (SSSR count). The first kappa shape index (κ1) is 13.0. The predicted octanol–water partition coefficient (Wildman–Crippen LogP) is 6.44. The number of nitrogens with zero attached hydrogens (tertiary/aromatic N) is 1. The van der Waals surface area contributed by atoms with Crippen LogP contribution in [0.5, 0.6) is 0 Å². The van der Waals surface area contributed by atoms with Gasteiger partial charge in [-0.25, -0.2) is 0 Å². The average Bonchev–Trinajstić information content (AvgIpc) is 3.04. The van der Waals surface area contributed by atoms with Gasteiger partial charge in [0.05, 0.1) is 5.52 Å². The van der Waals surface area contributed by atoms with E-state index in [0.29, 0.717) is 0 Å². The molecule has 4 aromatic carbocycles. The van der Waals surface area contributed by atoms with Gasteiger partial charge < -0.3 is 4.42 Å². The van der Waals surface area contributed by atoms with E-state index in [1.807, 2.05) is 24.4 Å². The minimum atomic E-state index is 0.913. The second-order valence-electron chi connectivity index (χ2n) is 6.44. The van der Waals surface area contributed by atoms with Crippen molar-refractivity contribution < 1.29 is 4.42 Å². The van der Waals surface area contributed by atoms with Crippen LogP contribution in [-0.4, -0.2) is 4.98 Å². The topological polar surface area (TPSA) is 26.0 Å². The maximum Gasteiger partial charge on any atom is 0.136 e. The summed E-state index contributed by atoms with van der Waals surface area (Å²) < 4.78 is 6.09. The third kappa shape index (κ3) is 1.66. The zero-order chi connectivity index (χ0) is 16.4. The Morgan fingerprint density at radius 3 is 2.12 bits per heavy atom. The Bertz CT molecular complexity index is 1440. The molecule has 6 aromatic rings. The van der Waals surface area contributed by atoms with Crippen LogP contribution in [0.2, 0.25) is 0 Å². The molecule has 0 saturated heterocycles. The molecule has 0 bridgehead atoms. The zero-order valence-corrected chi connectivity index (χ0v) is 13.4. The number of hydrogen-bond donors (Lipinski definition) is 0. The van der Waals surface area contributed by atoms with Crippen LogP contribution in [0.4, 0.5) is 0 Å². The molecule has 2 aromatic heterocycles. The van der Waals surface area contributed by atoms with Gasteiger partial charge >= 0.3 is 0 Å². The van der Waals surface area contributed by atoms with Gasteiger partial charge in [0.1, 0.15) is 11.2 Å². The predicted molar refractivity (Wildman–Crippen MR) is 104 cm³/mol. The molecule has 2 nitrogen and oxygen atoms in total. The van der Waals surface area contributed by atoms with Gasteiger partial charge in [-0.2, -0.15) is 0 Å². The maximum atomic E-state index is 6.09. The van der Waals surface area contributed by atoms with E-state index < -0.39 is 0 Å². The Hall–Kier alpha value is -3.39. The molecule has 2 heterocycles. The van der Waals surface area contributed by atoms with Gasteiger partial charge in [0.15, 0.2) is 0 Å². The number of furan rings is 1. The summed E-state index contributed by atoms with van der Waals surface area (Å²) in [7, 11) is 0. The van der Waals surface area contributed by atoms with Crippen LogP contribution < -0.4 is 0 Å². The van der Waals surface area contributed by atoms with Crippen LogP contribution in [0.15, 0.2) is 83.4 Å². The Labute approximate surface area is 143 Å². The molecule has 2 heteroatoms. The van der Waals surface area contributed by atoms with Crippen molar-refractivity contribution in [3.05, 3.63) is 79.0 Å². The van der Waals surface area contributed by atoms with Crippen LogP contribution in [0.1, 0.15) is 0 Å². The molecule has 0 aliphatic rings. The Morgan fingerprint density at radius 2 is 1.24 bits per heavy atom. The summed E-state index contributed by atoms with van der Waals surface area (Å²) in [6.07, 6.45) is 1.86. The van der Waals surface area contributed by atoms with Crippen molar-refractivity contribution in [2.45, 2.75) is 0 Å². The highest BCUT2D eigenvalue weighted by molar-refractivity contribution is 6.27. The lowest BCUT2D eigenvalue weighted by molar-refractivity contribution is 0.669. The third-order valence-corrected chi connectivity index (χ3v) is 5.09. The highest BCUT2D eigenvalue weighted by atomic mass is 16.3. The summed E-state index contributed by atoms with van der Waals surface area (Å²) in [4.78, 5) is 4.68. The fourth-order valence-electron chi connectivity index (χ4n) is 3.98. The summed E-state index contributed by atoms with van der Waals surface area (Å²) in [6, 6.07) is 25.3. The SMILES string of the molecule is c1ccc2c(c1)oc1cc3c(cc12)c1ccccc1c1cccnc13. The number of rotatable bonds is 0. The standard InChI is InChI=1S/C23H13NO/c1-2-7-15-14(6-1)17-9-5-11-24-23(17)20-13-22-19(12-18(15)20)16-8-3-4-10-21(16)25-22/h1-13H. The van der Waals surface area contributed by atoms with Gasteiger partial charge in [-0.1, -0.05) is 48.5 Å². The lowest BCUT2D eigenvalue weighted by Crippen LogP contribution is -1.85. The summed E-state index contributed by atoms with van der Waals surface area (Å²) >= 11 is 0. The highest BCUT2D eigenvalue weighted by Gasteiger charge is 2.13. The Kier molecular flexibility index (Phi) is 2.37. The maximum absolute atomic E-state index is 6.09. The molecule has 0 spiro atoms. The van der Waals surface area contributed by atoms with Gasteiger partial charge in [-0.05, 0) is 40.4 Å². The third-order valence-electron chi connectivity index (χ3n) is 5.09. The van der Waals surface area contributed by atoms with Crippen molar-refractivity contribution in [3.63, 3.8) is 0 Å².